The van der Waals surface area contributed by atoms with Crippen molar-refractivity contribution >= 4 is 5.97 Å². The summed E-state index contributed by atoms with van der Waals surface area (Å²) in [6.07, 6.45) is -4.35. The molecule has 0 amide bonds. The summed E-state index contributed by atoms with van der Waals surface area (Å²) in [5.41, 5.74) is -1.40. The van der Waals surface area contributed by atoms with Crippen molar-refractivity contribution < 1.29 is 32.2 Å². The van der Waals surface area contributed by atoms with Crippen LogP contribution in [0.25, 0.3) is 0 Å². The molecule has 0 atom stereocenters. The van der Waals surface area contributed by atoms with Crippen molar-refractivity contribution in [2.45, 2.75) is 24.6 Å². The van der Waals surface area contributed by atoms with Crippen LogP contribution >= 0.6 is 0 Å². The quantitative estimate of drug-likeness (QED) is 0.854. The lowest BCUT2D eigenvalue weighted by Gasteiger charge is -2.13. The number of hydrogen-bond acceptors (Lipinski definition) is 2. The monoisotopic (exact) mass is 264 g/mol. The number of alkyl halides is 3. The van der Waals surface area contributed by atoms with E-state index in [1.807, 2.05) is 0 Å². The van der Waals surface area contributed by atoms with Gasteiger partial charge in [-0.2, -0.15) is 0 Å². The molecular weight excluding hydrogens is 256 g/mol. The number of rotatable bonds is 3. The number of halogens is 4. The van der Waals surface area contributed by atoms with Crippen LogP contribution < -0.4 is 4.74 Å². The molecule has 18 heavy (non-hydrogen) atoms. The van der Waals surface area contributed by atoms with Crippen LogP contribution in [0.2, 0.25) is 0 Å². The molecule has 0 heterocycles. The topological polar surface area (TPSA) is 46.5 Å². The van der Waals surface area contributed by atoms with Gasteiger partial charge in [-0.05, 0) is 18.9 Å². The van der Waals surface area contributed by atoms with Crippen molar-refractivity contribution in [1.29, 1.82) is 0 Å². The smallest absolute Gasteiger partial charge is 0.481 e. The molecule has 0 radical (unpaired) electrons. The van der Waals surface area contributed by atoms with E-state index in [9.17, 15) is 22.4 Å². The van der Waals surface area contributed by atoms with Crippen LogP contribution in [0.5, 0.6) is 5.75 Å². The molecule has 0 bridgehead atoms. The maximum absolute atomic E-state index is 13.6. The second-order valence-electron chi connectivity index (χ2n) is 4.08. The van der Waals surface area contributed by atoms with Gasteiger partial charge in [0.25, 0.3) is 0 Å². The van der Waals surface area contributed by atoms with Gasteiger partial charge in [-0.15, -0.1) is 13.2 Å². The standard InChI is InChI=1S/C11H8F4O3/c12-8-5-6(18-11(13,14)15)1-2-7(8)10(3-4-10)9(16)17/h1-2,5H,3-4H2,(H,16,17). The molecule has 98 valence electrons. The van der Waals surface area contributed by atoms with Gasteiger partial charge >= 0.3 is 12.3 Å². The molecule has 1 aromatic carbocycles. The summed E-state index contributed by atoms with van der Waals surface area (Å²) in [6, 6.07) is 2.48. The van der Waals surface area contributed by atoms with Crippen molar-refractivity contribution in [3.05, 3.63) is 29.6 Å². The third-order valence-corrected chi connectivity index (χ3v) is 2.85. The van der Waals surface area contributed by atoms with Gasteiger partial charge in [-0.3, -0.25) is 4.79 Å². The van der Waals surface area contributed by atoms with E-state index in [4.69, 9.17) is 5.11 Å². The van der Waals surface area contributed by atoms with E-state index >= 15 is 0 Å². The zero-order valence-electron chi connectivity index (χ0n) is 8.92. The molecule has 0 unspecified atom stereocenters. The molecule has 1 N–H and O–H groups in total. The summed E-state index contributed by atoms with van der Waals surface area (Å²) >= 11 is 0. The molecule has 0 saturated heterocycles. The first-order chi connectivity index (χ1) is 8.24. The molecule has 1 aliphatic rings. The third kappa shape index (κ3) is 2.25. The van der Waals surface area contributed by atoms with Gasteiger partial charge in [0.05, 0.1) is 5.41 Å². The molecule has 1 saturated carbocycles. The Hall–Kier alpha value is -1.79. The van der Waals surface area contributed by atoms with Crippen LogP contribution in [0.1, 0.15) is 18.4 Å². The van der Waals surface area contributed by atoms with Crippen LogP contribution in [0, 0.1) is 5.82 Å². The van der Waals surface area contributed by atoms with Crippen LogP contribution in [-0.2, 0) is 10.2 Å². The fourth-order valence-electron chi connectivity index (χ4n) is 1.80. The molecule has 3 nitrogen and oxygen atoms in total. The molecule has 0 spiro atoms. The largest absolute Gasteiger partial charge is 0.573 e. The lowest BCUT2D eigenvalue weighted by molar-refractivity contribution is -0.274. The zero-order valence-corrected chi connectivity index (χ0v) is 8.92. The summed E-state index contributed by atoms with van der Waals surface area (Å²) in [7, 11) is 0. The van der Waals surface area contributed by atoms with E-state index < -0.39 is 29.3 Å². The Bertz CT molecular complexity index is 492. The average Bonchev–Trinajstić information content (AvgIpc) is 2.95. The van der Waals surface area contributed by atoms with Crippen LogP contribution in [-0.4, -0.2) is 17.4 Å². The number of benzene rings is 1. The fourth-order valence-corrected chi connectivity index (χ4v) is 1.80. The van der Waals surface area contributed by atoms with Crippen molar-refractivity contribution in [3.63, 3.8) is 0 Å². The van der Waals surface area contributed by atoms with Crippen molar-refractivity contribution in [2.75, 3.05) is 0 Å². The summed E-state index contributed by atoms with van der Waals surface area (Å²) in [5, 5.41) is 8.96. The normalized spacial score (nSPS) is 17.3. The Morgan fingerprint density at radius 3 is 2.33 bits per heavy atom. The molecule has 7 heteroatoms. The number of hydrogen-bond donors (Lipinski definition) is 1. The Morgan fingerprint density at radius 2 is 1.94 bits per heavy atom. The summed E-state index contributed by atoms with van der Waals surface area (Å²) in [4.78, 5) is 11.0. The Morgan fingerprint density at radius 1 is 1.33 bits per heavy atom. The van der Waals surface area contributed by atoms with E-state index in [0.29, 0.717) is 6.07 Å². The molecule has 1 aliphatic carbocycles. The Balaban J connectivity index is 2.29. The molecule has 0 aliphatic heterocycles. The van der Waals surface area contributed by atoms with Gasteiger partial charge in [0, 0.05) is 11.6 Å². The van der Waals surface area contributed by atoms with Gasteiger partial charge in [0.15, 0.2) is 0 Å². The first-order valence-corrected chi connectivity index (χ1v) is 5.04. The minimum absolute atomic E-state index is 0.107. The second kappa shape index (κ2) is 3.86. The van der Waals surface area contributed by atoms with E-state index in [-0.39, 0.29) is 18.4 Å². The lowest BCUT2D eigenvalue weighted by Crippen LogP contribution is -2.21. The zero-order chi connectivity index (χ0) is 13.6. The highest BCUT2D eigenvalue weighted by Crippen LogP contribution is 2.49. The van der Waals surface area contributed by atoms with Crippen molar-refractivity contribution in [3.8, 4) is 5.75 Å². The van der Waals surface area contributed by atoms with E-state index in [0.717, 1.165) is 12.1 Å². The summed E-state index contributed by atoms with van der Waals surface area (Å²) < 4.78 is 52.9. The maximum atomic E-state index is 13.6. The minimum Gasteiger partial charge on any atom is -0.481 e. The highest BCUT2D eigenvalue weighted by Gasteiger charge is 2.53. The number of aliphatic carboxylic acids is 1. The lowest BCUT2D eigenvalue weighted by atomic mass is 9.95. The number of ether oxygens (including phenoxy) is 1. The van der Waals surface area contributed by atoms with Gasteiger partial charge in [0.2, 0.25) is 0 Å². The highest BCUT2D eigenvalue weighted by molar-refractivity contribution is 5.85. The SMILES string of the molecule is O=C(O)C1(c2ccc(OC(F)(F)F)cc2F)CC1. The predicted molar refractivity (Wildman–Crippen MR) is 51.6 cm³/mol. The van der Waals surface area contributed by atoms with Crippen LogP contribution in [0.3, 0.4) is 0 Å². The summed E-state index contributed by atoms with van der Waals surface area (Å²) in [6.45, 7) is 0. The second-order valence-corrected chi connectivity index (χ2v) is 4.08. The molecule has 2 rings (SSSR count). The van der Waals surface area contributed by atoms with Crippen LogP contribution in [0.4, 0.5) is 17.6 Å². The van der Waals surface area contributed by atoms with Gasteiger partial charge < -0.3 is 9.84 Å². The minimum atomic E-state index is -4.90. The van der Waals surface area contributed by atoms with E-state index in [2.05, 4.69) is 4.74 Å². The van der Waals surface area contributed by atoms with Gasteiger partial charge in [-0.25, -0.2) is 4.39 Å². The van der Waals surface area contributed by atoms with Gasteiger partial charge in [0.1, 0.15) is 11.6 Å². The number of carbonyl (C=O) groups is 1. The van der Waals surface area contributed by atoms with E-state index in [1.54, 1.807) is 0 Å². The van der Waals surface area contributed by atoms with E-state index in [1.165, 1.54) is 0 Å². The fraction of sp³-hybridized carbons (Fsp3) is 0.364. The number of carboxylic acids is 1. The first kappa shape index (κ1) is 12.7. The molecule has 1 fully saturated rings. The summed E-state index contributed by atoms with van der Waals surface area (Å²) in [5.74, 6) is -2.88. The molecule has 0 aromatic heterocycles. The first-order valence-electron chi connectivity index (χ1n) is 5.04. The van der Waals surface area contributed by atoms with Crippen molar-refractivity contribution in [2.24, 2.45) is 0 Å². The van der Waals surface area contributed by atoms with Crippen LogP contribution in [0.15, 0.2) is 18.2 Å². The Kier molecular flexibility index (Phi) is 2.71. The maximum Gasteiger partial charge on any atom is 0.573 e. The Labute approximate surface area is 99.0 Å². The molecular formula is C11H8F4O3. The van der Waals surface area contributed by atoms with Crippen molar-refractivity contribution in [1.82, 2.24) is 0 Å². The average molecular weight is 264 g/mol. The molecule has 1 aromatic rings. The predicted octanol–water partition coefficient (Wildman–Crippen LogP) is 2.84. The third-order valence-electron chi connectivity index (χ3n) is 2.85. The number of carboxylic acid groups (broad SMARTS) is 1. The van der Waals surface area contributed by atoms with Gasteiger partial charge in [-0.1, -0.05) is 6.07 Å². The highest BCUT2D eigenvalue weighted by atomic mass is 19.4.